The zero-order valence-corrected chi connectivity index (χ0v) is 22.0. The molecule has 4 aromatic rings. The zero-order chi connectivity index (χ0) is 40.9. The predicted molar refractivity (Wildman–Crippen MR) is 162 cm³/mol. The van der Waals surface area contributed by atoms with Crippen LogP contribution in [0, 0.1) is 5.41 Å². The van der Waals surface area contributed by atoms with Crippen LogP contribution in [0.1, 0.15) is 76.9 Å². The van der Waals surface area contributed by atoms with E-state index in [1.54, 1.807) is 48.5 Å². The van der Waals surface area contributed by atoms with Gasteiger partial charge in [0.15, 0.2) is 0 Å². The lowest BCUT2D eigenvalue weighted by atomic mass is 9.59. The van der Waals surface area contributed by atoms with Crippen molar-refractivity contribution in [3.05, 3.63) is 111 Å². The van der Waals surface area contributed by atoms with Crippen molar-refractivity contribution >= 4 is 48.9 Å². The van der Waals surface area contributed by atoms with Gasteiger partial charge >= 0.3 is 0 Å². The summed E-state index contributed by atoms with van der Waals surface area (Å²) in [4.78, 5) is 1.83. The molecule has 0 heterocycles. The van der Waals surface area contributed by atoms with Crippen LogP contribution >= 0.6 is 31.9 Å². The normalized spacial score (nSPS) is 26.5. The van der Waals surface area contributed by atoms with E-state index in [0.29, 0.717) is 22.6 Å². The van der Waals surface area contributed by atoms with Gasteiger partial charge in [0.1, 0.15) is 0 Å². The Labute approximate surface area is 258 Å². The Kier molecular flexibility index (Phi) is 2.86. The Balaban J connectivity index is 2.04. The van der Waals surface area contributed by atoms with Crippen LogP contribution in [0.3, 0.4) is 0 Å². The molecule has 0 N–H and O–H groups in total. The van der Waals surface area contributed by atoms with Gasteiger partial charge in [0.2, 0.25) is 0 Å². The molecule has 0 amide bonds. The SMILES string of the molecule is [2H]C([2H])([2H])C1(C([2H])([2H])[2H])c2ccc(-c3ccccc3N(c3ccc(Br)cc3)c3ccc(Br)cc3)cc2C(C([2H])([2H])[2H])(C([2H])([2H])[2H])C1(C([2H])([2H])[2H])C([2H])([2H])[2H]. The fraction of sp³-hybridized carbons (Fsp3) is 0.273. The first-order valence-corrected chi connectivity index (χ1v) is 12.6. The highest BCUT2D eigenvalue weighted by molar-refractivity contribution is 9.10. The van der Waals surface area contributed by atoms with Crippen LogP contribution in [0.5, 0.6) is 0 Å². The Hall–Kier alpha value is -2.36. The van der Waals surface area contributed by atoms with Crippen molar-refractivity contribution in [3.63, 3.8) is 0 Å². The molecule has 4 aromatic carbocycles. The van der Waals surface area contributed by atoms with E-state index in [4.69, 9.17) is 24.7 Å². The van der Waals surface area contributed by atoms with Crippen molar-refractivity contribution in [2.75, 3.05) is 4.90 Å². The van der Waals surface area contributed by atoms with Crippen molar-refractivity contribution in [3.8, 4) is 11.1 Å². The molecule has 0 fully saturated rings. The number of rotatable bonds is 4. The smallest absolute Gasteiger partial charge is 0.0540 e. The molecule has 0 unspecified atom stereocenters. The maximum Gasteiger partial charge on any atom is 0.0540 e. The summed E-state index contributed by atoms with van der Waals surface area (Å²) in [5.74, 6) is 0. The van der Waals surface area contributed by atoms with Crippen LogP contribution in [-0.2, 0) is 10.8 Å². The second-order valence-corrected chi connectivity index (χ2v) is 10.6. The van der Waals surface area contributed by atoms with E-state index in [2.05, 4.69) is 31.9 Å². The monoisotopic (exact) mass is 619 g/mol. The van der Waals surface area contributed by atoms with Crippen LogP contribution in [0.2, 0.25) is 0 Å². The number of benzene rings is 4. The maximum absolute atomic E-state index is 8.80. The van der Waals surface area contributed by atoms with Crippen LogP contribution in [-0.4, -0.2) is 0 Å². The van der Waals surface area contributed by atoms with Gasteiger partial charge in [-0.25, -0.2) is 0 Å². The molecule has 5 rings (SSSR count). The van der Waals surface area contributed by atoms with Gasteiger partial charge in [-0.3, -0.25) is 0 Å². The first kappa shape index (κ1) is 11.6. The summed E-state index contributed by atoms with van der Waals surface area (Å²) in [6.07, 6.45) is 0. The molecule has 0 saturated heterocycles. The van der Waals surface area contributed by atoms with Crippen LogP contribution in [0.4, 0.5) is 17.1 Å². The maximum atomic E-state index is 8.80. The van der Waals surface area contributed by atoms with Gasteiger partial charge in [-0.15, -0.1) is 0 Å². The van der Waals surface area contributed by atoms with Gasteiger partial charge in [-0.1, -0.05) is 109 Å². The molecule has 184 valence electrons. The summed E-state index contributed by atoms with van der Waals surface area (Å²) >= 11 is 6.87. The quantitative estimate of drug-likeness (QED) is 0.219. The van der Waals surface area contributed by atoms with Gasteiger partial charge in [0.05, 0.1) is 5.69 Å². The molecule has 0 spiro atoms. The standard InChI is InChI=1S/C33H33Br2N/c1-31(2)28-20-11-22(21-29(28)32(3,4)33(31,5)6)27-9-7-8-10-30(27)36(25-16-12-23(34)13-17-25)26-18-14-24(35)15-19-26/h7-21H,1-6H3/i1D3,2D3,3D3,4D3,5D3,6D3. The van der Waals surface area contributed by atoms with E-state index in [1.807, 2.05) is 29.2 Å². The van der Waals surface area contributed by atoms with Crippen molar-refractivity contribution < 1.29 is 24.7 Å². The highest BCUT2D eigenvalue weighted by Gasteiger charge is 2.56. The third kappa shape index (κ3) is 3.87. The van der Waals surface area contributed by atoms with E-state index < -0.39 is 68.5 Å². The highest BCUT2D eigenvalue weighted by Crippen LogP contribution is 2.62. The van der Waals surface area contributed by atoms with Crippen molar-refractivity contribution in [1.29, 1.82) is 0 Å². The molecule has 0 bridgehead atoms. The number of anilines is 3. The topological polar surface area (TPSA) is 3.24 Å². The molecule has 1 aliphatic rings. The average Bonchev–Trinajstić information content (AvgIpc) is 3.31. The van der Waals surface area contributed by atoms with Crippen LogP contribution in [0.25, 0.3) is 11.1 Å². The van der Waals surface area contributed by atoms with Gasteiger partial charge in [-0.2, -0.15) is 0 Å². The van der Waals surface area contributed by atoms with E-state index in [1.165, 1.54) is 6.07 Å². The zero-order valence-electron chi connectivity index (χ0n) is 36.9. The van der Waals surface area contributed by atoms with Crippen molar-refractivity contribution in [2.45, 2.75) is 51.9 Å². The average molecular weight is 622 g/mol. The fourth-order valence-corrected chi connectivity index (χ4v) is 5.08. The van der Waals surface area contributed by atoms with Crippen molar-refractivity contribution in [2.24, 2.45) is 5.41 Å². The van der Waals surface area contributed by atoms with Gasteiger partial charge in [0.25, 0.3) is 0 Å². The largest absolute Gasteiger partial charge is 0.310 e. The van der Waals surface area contributed by atoms with E-state index in [9.17, 15) is 0 Å². The Morgan fingerprint density at radius 1 is 0.611 bits per heavy atom. The lowest BCUT2D eigenvalue weighted by Crippen LogP contribution is -2.42. The fourth-order valence-electron chi connectivity index (χ4n) is 4.55. The summed E-state index contributed by atoms with van der Waals surface area (Å²) in [5, 5.41) is 0. The Morgan fingerprint density at radius 2 is 1.17 bits per heavy atom. The van der Waals surface area contributed by atoms with E-state index >= 15 is 0 Å². The molecule has 1 nitrogen and oxygen atoms in total. The molecular formula is C33H33Br2N. The Morgan fingerprint density at radius 3 is 1.72 bits per heavy atom. The third-order valence-corrected chi connectivity index (χ3v) is 7.64. The van der Waals surface area contributed by atoms with E-state index in [-0.39, 0.29) is 5.56 Å². The molecular weight excluding hydrogens is 570 g/mol. The van der Waals surface area contributed by atoms with Crippen molar-refractivity contribution in [1.82, 2.24) is 0 Å². The minimum atomic E-state index is -4.46. The summed E-state index contributed by atoms with van der Waals surface area (Å²) in [6, 6.07) is 24.1. The number of hydrogen-bond donors (Lipinski definition) is 0. The molecule has 1 aliphatic carbocycles. The number of para-hydroxylation sites is 1. The lowest BCUT2D eigenvalue weighted by Gasteiger charge is -2.44. The first-order valence-electron chi connectivity index (χ1n) is 20.0. The third-order valence-electron chi connectivity index (χ3n) is 6.58. The minimum absolute atomic E-state index is 0.0262. The van der Waals surface area contributed by atoms with Crippen LogP contribution in [0.15, 0.2) is 99.9 Å². The Bertz CT molecular complexity index is 1930. The number of fused-ring (bicyclic) bond motifs is 1. The highest BCUT2D eigenvalue weighted by atomic mass is 79.9. The molecule has 36 heavy (non-hydrogen) atoms. The molecule has 0 atom stereocenters. The minimum Gasteiger partial charge on any atom is -0.310 e. The number of nitrogens with zero attached hydrogens (tertiary/aromatic N) is 1. The first-order chi connectivity index (χ1) is 24.4. The van der Waals surface area contributed by atoms with Gasteiger partial charge in [-0.05, 0) is 87.5 Å². The summed E-state index contributed by atoms with van der Waals surface area (Å²) in [5.41, 5.74) is -12.7. The molecule has 0 saturated carbocycles. The second kappa shape index (κ2) is 8.89. The van der Waals surface area contributed by atoms with Gasteiger partial charge in [0, 0.05) is 50.6 Å². The summed E-state index contributed by atoms with van der Waals surface area (Å²) in [6.45, 7) is -25.2. The summed E-state index contributed by atoms with van der Waals surface area (Å²) < 4.78 is 159. The summed E-state index contributed by atoms with van der Waals surface area (Å²) in [7, 11) is 0. The number of hydrogen-bond acceptors (Lipinski definition) is 1. The van der Waals surface area contributed by atoms with E-state index in [0.717, 1.165) is 21.1 Å². The molecule has 3 heteroatoms. The second-order valence-electron chi connectivity index (χ2n) is 8.82. The van der Waals surface area contributed by atoms with Gasteiger partial charge < -0.3 is 4.90 Å². The molecule has 0 aromatic heterocycles. The molecule has 0 aliphatic heterocycles. The number of halogens is 2. The predicted octanol–water partition coefficient (Wildman–Crippen LogP) is 10.9. The molecule has 0 radical (unpaired) electrons. The van der Waals surface area contributed by atoms with Crippen LogP contribution < -0.4 is 4.90 Å². The lowest BCUT2D eigenvalue weighted by molar-refractivity contribution is 0.125.